The third-order valence-corrected chi connectivity index (χ3v) is 7.09. The Kier molecular flexibility index (Phi) is 8.51. The molecule has 0 unspecified atom stereocenters. The smallest absolute Gasteiger partial charge is 0.349 e. The average Bonchev–Trinajstić information content (AvgIpc) is 3.34. The number of nitrogens with one attached hydrogen (secondary N) is 3. The maximum absolute atomic E-state index is 13.2. The molecule has 0 bridgehead atoms. The van der Waals surface area contributed by atoms with Crippen molar-refractivity contribution < 1.29 is 32.3 Å². The Morgan fingerprint density at radius 3 is 2.40 bits per heavy atom. The summed E-state index contributed by atoms with van der Waals surface area (Å²) in [5.74, 6) is -3.41. The number of pyridine rings is 1. The number of imidazole rings is 1. The minimum atomic E-state index is -4.61. The number of anilines is 1. The molecule has 1 aliphatic carbocycles. The minimum absolute atomic E-state index is 0.00141. The Hall–Kier alpha value is -3.88. The van der Waals surface area contributed by atoms with Crippen LogP contribution in [0.5, 0.6) is 0 Å². The van der Waals surface area contributed by atoms with Crippen LogP contribution in [0.4, 0.5) is 23.8 Å². The molecule has 0 aromatic carbocycles. The number of alkyl halides is 3. The molecular formula is C24H28ClF3N8O4. The first-order chi connectivity index (χ1) is 18.8. The van der Waals surface area contributed by atoms with Gasteiger partial charge in [-0.05, 0) is 31.4 Å². The van der Waals surface area contributed by atoms with Crippen molar-refractivity contribution in [3.05, 3.63) is 41.1 Å². The van der Waals surface area contributed by atoms with Gasteiger partial charge in [0.25, 0.3) is 0 Å². The SMILES string of the molecule is CN(C)C(=O)[C@H]1CC[C@H](NC(=O)C(=O)Nc2ccc(Cl)cn2)[C@H](NC(=O)N2CCn3c(cnc3C(F)(F)F)C2)C1. The molecule has 40 heavy (non-hydrogen) atoms. The van der Waals surface area contributed by atoms with Crippen molar-refractivity contribution in [2.75, 3.05) is 26.0 Å². The van der Waals surface area contributed by atoms with Gasteiger partial charge in [0.15, 0.2) is 0 Å². The fraction of sp³-hybridized carbons (Fsp3) is 0.500. The van der Waals surface area contributed by atoms with Crippen LogP contribution in [0.3, 0.4) is 0 Å². The largest absolute Gasteiger partial charge is 0.449 e. The lowest BCUT2D eigenvalue weighted by atomic mass is 9.81. The molecule has 16 heteroatoms. The van der Waals surface area contributed by atoms with E-state index in [9.17, 15) is 32.3 Å². The second-order valence-corrected chi connectivity index (χ2v) is 10.3. The van der Waals surface area contributed by atoms with E-state index in [1.165, 1.54) is 28.1 Å². The van der Waals surface area contributed by atoms with E-state index in [0.29, 0.717) is 17.9 Å². The van der Waals surface area contributed by atoms with Gasteiger partial charge >= 0.3 is 24.0 Å². The number of halogens is 4. The zero-order valence-corrected chi connectivity index (χ0v) is 22.4. The highest BCUT2D eigenvalue weighted by molar-refractivity contribution is 6.39. The monoisotopic (exact) mass is 584 g/mol. The van der Waals surface area contributed by atoms with E-state index in [2.05, 4.69) is 25.9 Å². The Morgan fingerprint density at radius 2 is 1.75 bits per heavy atom. The third kappa shape index (κ3) is 6.63. The van der Waals surface area contributed by atoms with Crippen molar-refractivity contribution in [3.8, 4) is 0 Å². The lowest BCUT2D eigenvalue weighted by molar-refractivity contribution is -0.147. The van der Waals surface area contributed by atoms with Gasteiger partial charge in [-0.25, -0.2) is 14.8 Å². The maximum Gasteiger partial charge on any atom is 0.449 e. The number of fused-ring (bicyclic) bond motifs is 1. The molecule has 216 valence electrons. The molecule has 5 amide bonds. The second kappa shape index (κ2) is 11.7. The molecule has 3 N–H and O–H groups in total. The number of hydrogen-bond acceptors (Lipinski definition) is 6. The lowest BCUT2D eigenvalue weighted by Gasteiger charge is -2.38. The molecule has 12 nitrogen and oxygen atoms in total. The van der Waals surface area contributed by atoms with E-state index in [1.54, 1.807) is 14.1 Å². The number of rotatable bonds is 4. The second-order valence-electron chi connectivity index (χ2n) is 9.84. The predicted octanol–water partition coefficient (Wildman–Crippen LogP) is 1.86. The highest BCUT2D eigenvalue weighted by Gasteiger charge is 2.40. The molecule has 1 saturated carbocycles. The molecule has 2 aliphatic rings. The molecule has 2 aromatic heterocycles. The number of urea groups is 1. The van der Waals surface area contributed by atoms with E-state index in [-0.39, 0.29) is 43.5 Å². The Bertz CT molecular complexity index is 1280. The number of nitrogens with zero attached hydrogens (tertiary/aromatic N) is 5. The van der Waals surface area contributed by atoms with E-state index in [0.717, 1.165) is 10.8 Å². The zero-order chi connectivity index (χ0) is 29.2. The van der Waals surface area contributed by atoms with Crippen LogP contribution in [0, 0.1) is 5.92 Å². The van der Waals surface area contributed by atoms with Crippen molar-refractivity contribution in [2.24, 2.45) is 5.92 Å². The number of carbonyl (C=O) groups excluding carboxylic acids is 4. The summed E-state index contributed by atoms with van der Waals surface area (Å²) in [6.07, 6.45) is -1.31. The van der Waals surface area contributed by atoms with Crippen LogP contribution in [0.2, 0.25) is 5.02 Å². The van der Waals surface area contributed by atoms with Crippen LogP contribution in [-0.2, 0) is 33.6 Å². The van der Waals surface area contributed by atoms with Gasteiger partial charge in [0.1, 0.15) is 5.82 Å². The van der Waals surface area contributed by atoms with Gasteiger partial charge < -0.3 is 30.3 Å². The van der Waals surface area contributed by atoms with E-state index in [4.69, 9.17) is 11.6 Å². The molecule has 0 radical (unpaired) electrons. The van der Waals surface area contributed by atoms with Gasteiger partial charge in [-0.1, -0.05) is 11.6 Å². The van der Waals surface area contributed by atoms with E-state index in [1.807, 2.05) is 0 Å². The standard InChI is InChI=1S/C24H28ClF3N8O4/c1-34(2)21(39)13-3-5-16(31-19(37)20(38)33-18-6-4-14(25)10-29-18)17(9-13)32-23(40)35-7-8-36-15(12-35)11-30-22(36)24(26,27)28/h4,6,10-11,13,16-17H,3,5,7-9,12H2,1-2H3,(H,31,37)(H,32,40)(H,29,33,38)/t13-,16-,17+/m0/s1. The third-order valence-electron chi connectivity index (χ3n) is 6.87. The van der Waals surface area contributed by atoms with Crippen molar-refractivity contribution in [3.63, 3.8) is 0 Å². The minimum Gasteiger partial charge on any atom is -0.349 e. The summed E-state index contributed by atoms with van der Waals surface area (Å²) in [6, 6.07) is 0.945. The molecule has 1 aliphatic heterocycles. The van der Waals surface area contributed by atoms with Gasteiger partial charge in [-0.2, -0.15) is 13.2 Å². The van der Waals surface area contributed by atoms with Crippen molar-refractivity contribution in [2.45, 2.75) is 50.6 Å². The fourth-order valence-corrected chi connectivity index (χ4v) is 4.99. The molecule has 0 spiro atoms. The summed E-state index contributed by atoms with van der Waals surface area (Å²) in [6.45, 7) is -0.198. The Morgan fingerprint density at radius 1 is 1.00 bits per heavy atom. The highest BCUT2D eigenvalue weighted by Crippen LogP contribution is 2.31. The topological polar surface area (TPSA) is 142 Å². The molecule has 4 rings (SSSR count). The zero-order valence-electron chi connectivity index (χ0n) is 21.7. The van der Waals surface area contributed by atoms with Gasteiger partial charge in [-0.15, -0.1) is 0 Å². The van der Waals surface area contributed by atoms with Crippen molar-refractivity contribution >= 4 is 41.2 Å². The number of amides is 5. The summed E-state index contributed by atoms with van der Waals surface area (Å²) in [5.41, 5.74) is 0.232. The number of aromatic nitrogens is 3. The van der Waals surface area contributed by atoms with Gasteiger partial charge in [0.05, 0.1) is 29.5 Å². The van der Waals surface area contributed by atoms with Gasteiger partial charge in [0.2, 0.25) is 11.7 Å². The predicted molar refractivity (Wildman–Crippen MR) is 136 cm³/mol. The van der Waals surface area contributed by atoms with Crippen molar-refractivity contribution in [1.29, 1.82) is 0 Å². The molecule has 0 saturated heterocycles. The average molecular weight is 585 g/mol. The van der Waals surface area contributed by atoms with Gasteiger partial charge in [-0.3, -0.25) is 14.4 Å². The molecule has 3 atom stereocenters. The van der Waals surface area contributed by atoms with Crippen LogP contribution in [0.25, 0.3) is 0 Å². The number of hydrogen-bond donors (Lipinski definition) is 3. The first kappa shape index (κ1) is 29.1. The van der Waals surface area contributed by atoms with Crippen LogP contribution in [-0.4, -0.2) is 80.8 Å². The van der Waals surface area contributed by atoms with Crippen LogP contribution in [0.1, 0.15) is 30.8 Å². The summed E-state index contributed by atoms with van der Waals surface area (Å²) in [4.78, 5) is 61.1. The molecule has 1 fully saturated rings. The number of carbonyl (C=O) groups is 4. The summed E-state index contributed by atoms with van der Waals surface area (Å²) in [5, 5.41) is 8.17. The summed E-state index contributed by atoms with van der Waals surface area (Å²) < 4.78 is 40.6. The Labute approximate surface area is 232 Å². The highest BCUT2D eigenvalue weighted by atomic mass is 35.5. The van der Waals surface area contributed by atoms with Crippen LogP contribution in [0.15, 0.2) is 24.5 Å². The fourth-order valence-electron chi connectivity index (χ4n) is 4.88. The lowest BCUT2D eigenvalue weighted by Crippen LogP contribution is -2.59. The van der Waals surface area contributed by atoms with Gasteiger partial charge in [0, 0.05) is 45.3 Å². The first-order valence-corrected chi connectivity index (χ1v) is 12.8. The molecule has 2 aromatic rings. The summed E-state index contributed by atoms with van der Waals surface area (Å²) in [7, 11) is 3.23. The van der Waals surface area contributed by atoms with Crippen molar-refractivity contribution in [1.82, 2.24) is 35.0 Å². The van der Waals surface area contributed by atoms with Crippen LogP contribution >= 0.6 is 11.6 Å². The first-order valence-electron chi connectivity index (χ1n) is 12.4. The van der Waals surface area contributed by atoms with E-state index < -0.39 is 47.8 Å². The summed E-state index contributed by atoms with van der Waals surface area (Å²) >= 11 is 5.78. The van der Waals surface area contributed by atoms with E-state index >= 15 is 0 Å². The maximum atomic E-state index is 13.2. The molecule has 3 heterocycles. The quantitative estimate of drug-likeness (QED) is 0.469. The normalized spacial score (nSPS) is 20.8. The molecular weight excluding hydrogens is 557 g/mol. The van der Waals surface area contributed by atoms with Crippen LogP contribution < -0.4 is 16.0 Å². The Balaban J connectivity index is 1.44.